The first kappa shape index (κ1) is 10.3. The van der Waals surface area contributed by atoms with Crippen LogP contribution in [0.25, 0.3) is 0 Å². The predicted molar refractivity (Wildman–Crippen MR) is 62.1 cm³/mol. The Kier molecular flexibility index (Phi) is 2.82. The van der Waals surface area contributed by atoms with E-state index in [1.807, 2.05) is 12.1 Å². The minimum Gasteiger partial charge on any atom is -0.482 e. The zero-order valence-corrected chi connectivity index (χ0v) is 9.09. The minimum absolute atomic E-state index is 0. The second kappa shape index (κ2) is 4.11. The molecule has 0 amide bonds. The number of aliphatic imine (C=N–C) groups is 1. The Labute approximate surface area is 95.0 Å². The van der Waals surface area contributed by atoms with Gasteiger partial charge < -0.3 is 10.1 Å². The number of para-hydroxylation sites is 1. The lowest BCUT2D eigenvalue weighted by Crippen LogP contribution is -2.34. The van der Waals surface area contributed by atoms with Gasteiger partial charge in [0.2, 0.25) is 0 Å². The molecule has 3 nitrogen and oxygen atoms in total. The van der Waals surface area contributed by atoms with Gasteiger partial charge in [-0.2, -0.15) is 0 Å². The first-order chi connectivity index (χ1) is 6.93. The molecular formula is C11H13ClN2O. The van der Waals surface area contributed by atoms with Gasteiger partial charge in [0.1, 0.15) is 11.6 Å². The van der Waals surface area contributed by atoms with Crippen molar-refractivity contribution in [3.8, 4) is 5.75 Å². The van der Waals surface area contributed by atoms with Crippen molar-refractivity contribution >= 4 is 18.2 Å². The van der Waals surface area contributed by atoms with Crippen LogP contribution >= 0.6 is 12.4 Å². The number of benzene rings is 1. The third-order valence-electron chi connectivity index (χ3n) is 2.65. The first-order valence-electron chi connectivity index (χ1n) is 4.96. The van der Waals surface area contributed by atoms with Crippen LogP contribution in [-0.2, 0) is 6.42 Å². The number of rotatable bonds is 1. The Balaban J connectivity index is 0.000000853. The number of nitrogens with zero attached hydrogens (tertiary/aromatic N) is 1. The van der Waals surface area contributed by atoms with Gasteiger partial charge in [-0.05, 0) is 11.6 Å². The molecular weight excluding hydrogens is 212 g/mol. The summed E-state index contributed by atoms with van der Waals surface area (Å²) in [5.74, 6) is 2.02. The highest BCUT2D eigenvalue weighted by Crippen LogP contribution is 2.28. The highest BCUT2D eigenvalue weighted by Gasteiger charge is 2.27. The van der Waals surface area contributed by atoms with Gasteiger partial charge in [-0.15, -0.1) is 12.4 Å². The summed E-state index contributed by atoms with van der Waals surface area (Å²) in [6.45, 7) is 1.83. The number of ether oxygens (including phenoxy) is 1. The van der Waals surface area contributed by atoms with Crippen LogP contribution in [0.3, 0.4) is 0 Å². The Morgan fingerprint density at radius 1 is 1.33 bits per heavy atom. The van der Waals surface area contributed by atoms with E-state index in [0.717, 1.165) is 31.1 Å². The molecule has 0 fully saturated rings. The SMILES string of the molecule is Cl.c1ccc2c(c1)CC(C1=NCCN1)O2. The summed E-state index contributed by atoms with van der Waals surface area (Å²) < 4.78 is 5.80. The Morgan fingerprint density at radius 3 is 2.93 bits per heavy atom. The normalized spacial score (nSPS) is 22.1. The van der Waals surface area contributed by atoms with Crippen LogP contribution in [-0.4, -0.2) is 25.0 Å². The maximum Gasteiger partial charge on any atom is 0.159 e. The Hall–Kier alpha value is -1.22. The van der Waals surface area contributed by atoms with E-state index < -0.39 is 0 Å². The van der Waals surface area contributed by atoms with Crippen LogP contribution in [0.4, 0.5) is 0 Å². The lowest BCUT2D eigenvalue weighted by molar-refractivity contribution is 0.298. The average Bonchev–Trinajstić information content (AvgIpc) is 2.86. The summed E-state index contributed by atoms with van der Waals surface area (Å²) in [6.07, 6.45) is 1.07. The van der Waals surface area contributed by atoms with Crippen molar-refractivity contribution in [1.29, 1.82) is 0 Å². The van der Waals surface area contributed by atoms with Crippen LogP contribution in [0, 0.1) is 0 Å². The van der Waals surface area contributed by atoms with E-state index in [1.165, 1.54) is 5.56 Å². The fourth-order valence-electron chi connectivity index (χ4n) is 1.97. The molecule has 80 valence electrons. The van der Waals surface area contributed by atoms with Crippen LogP contribution in [0.15, 0.2) is 29.3 Å². The number of amidine groups is 1. The standard InChI is InChI=1S/C11H12N2O.ClH/c1-2-4-9-8(3-1)7-10(14-9)11-12-5-6-13-11;/h1-4,10H,5-7H2,(H,12,13);1H. The molecule has 0 saturated heterocycles. The molecule has 0 bridgehead atoms. The van der Waals surface area contributed by atoms with Gasteiger partial charge in [0.15, 0.2) is 6.10 Å². The molecule has 0 aromatic heterocycles. The number of nitrogens with one attached hydrogen (secondary N) is 1. The van der Waals surface area contributed by atoms with Crippen LogP contribution in [0.5, 0.6) is 5.75 Å². The van der Waals surface area contributed by atoms with Crippen molar-refractivity contribution in [2.75, 3.05) is 13.1 Å². The molecule has 4 heteroatoms. The lowest BCUT2D eigenvalue weighted by Gasteiger charge is -2.10. The van der Waals surface area contributed by atoms with Gasteiger partial charge in [-0.25, -0.2) is 0 Å². The number of hydrogen-bond acceptors (Lipinski definition) is 3. The summed E-state index contributed by atoms with van der Waals surface area (Å²) in [7, 11) is 0. The fourth-order valence-corrected chi connectivity index (χ4v) is 1.97. The third kappa shape index (κ3) is 1.79. The third-order valence-corrected chi connectivity index (χ3v) is 2.65. The lowest BCUT2D eigenvalue weighted by atomic mass is 10.1. The van der Waals surface area contributed by atoms with Gasteiger partial charge in [0, 0.05) is 13.0 Å². The number of fused-ring (bicyclic) bond motifs is 1. The topological polar surface area (TPSA) is 33.6 Å². The molecule has 1 N–H and O–H groups in total. The molecule has 0 saturated carbocycles. The molecule has 0 aliphatic carbocycles. The molecule has 3 rings (SSSR count). The second-order valence-electron chi connectivity index (χ2n) is 3.61. The summed E-state index contributed by atoms with van der Waals surface area (Å²) in [4.78, 5) is 4.38. The average molecular weight is 225 g/mol. The van der Waals surface area contributed by atoms with Gasteiger partial charge in [-0.1, -0.05) is 18.2 Å². The summed E-state index contributed by atoms with van der Waals surface area (Å²) in [5, 5.41) is 3.26. The van der Waals surface area contributed by atoms with Crippen molar-refractivity contribution in [2.24, 2.45) is 4.99 Å². The largest absolute Gasteiger partial charge is 0.482 e. The molecule has 2 aliphatic rings. The summed E-state index contributed by atoms with van der Waals surface area (Å²) >= 11 is 0. The van der Waals surface area contributed by atoms with Crippen molar-refractivity contribution in [3.05, 3.63) is 29.8 Å². The summed E-state index contributed by atoms with van der Waals surface area (Å²) in [6, 6.07) is 8.19. The second-order valence-corrected chi connectivity index (χ2v) is 3.61. The van der Waals surface area contributed by atoms with E-state index in [0.29, 0.717) is 0 Å². The molecule has 15 heavy (non-hydrogen) atoms. The quantitative estimate of drug-likeness (QED) is 0.783. The molecule has 0 radical (unpaired) electrons. The van der Waals surface area contributed by atoms with Crippen LogP contribution in [0.2, 0.25) is 0 Å². The van der Waals surface area contributed by atoms with Crippen molar-refractivity contribution in [3.63, 3.8) is 0 Å². The highest BCUT2D eigenvalue weighted by atomic mass is 35.5. The zero-order valence-electron chi connectivity index (χ0n) is 8.27. The fraction of sp³-hybridized carbons (Fsp3) is 0.364. The van der Waals surface area contributed by atoms with Gasteiger partial charge in [0.25, 0.3) is 0 Å². The highest BCUT2D eigenvalue weighted by molar-refractivity contribution is 5.89. The van der Waals surface area contributed by atoms with Gasteiger partial charge >= 0.3 is 0 Å². The predicted octanol–water partition coefficient (Wildman–Crippen LogP) is 1.41. The summed E-state index contributed by atoms with van der Waals surface area (Å²) in [5.41, 5.74) is 1.29. The van der Waals surface area contributed by atoms with E-state index in [-0.39, 0.29) is 18.5 Å². The molecule has 2 heterocycles. The number of hydrogen-bond donors (Lipinski definition) is 1. The van der Waals surface area contributed by atoms with E-state index in [4.69, 9.17) is 4.74 Å². The molecule has 0 spiro atoms. The smallest absolute Gasteiger partial charge is 0.159 e. The van der Waals surface area contributed by atoms with Gasteiger partial charge in [-0.3, -0.25) is 4.99 Å². The first-order valence-corrected chi connectivity index (χ1v) is 4.96. The zero-order chi connectivity index (χ0) is 9.38. The minimum atomic E-state index is 0. The number of halogens is 1. The van der Waals surface area contributed by atoms with E-state index in [1.54, 1.807) is 0 Å². The van der Waals surface area contributed by atoms with E-state index >= 15 is 0 Å². The molecule has 1 aromatic carbocycles. The van der Waals surface area contributed by atoms with Crippen LogP contribution in [0.1, 0.15) is 5.56 Å². The maximum atomic E-state index is 5.80. The molecule has 1 atom stereocenters. The van der Waals surface area contributed by atoms with Gasteiger partial charge in [0.05, 0.1) is 6.54 Å². The molecule has 2 aliphatic heterocycles. The van der Waals surface area contributed by atoms with Crippen LogP contribution < -0.4 is 10.1 Å². The van der Waals surface area contributed by atoms with Crippen molar-refractivity contribution in [2.45, 2.75) is 12.5 Å². The van der Waals surface area contributed by atoms with Crippen molar-refractivity contribution < 1.29 is 4.74 Å². The Morgan fingerprint density at radius 2 is 2.20 bits per heavy atom. The van der Waals surface area contributed by atoms with E-state index in [2.05, 4.69) is 22.4 Å². The Bertz CT molecular complexity index is 367. The van der Waals surface area contributed by atoms with E-state index in [9.17, 15) is 0 Å². The van der Waals surface area contributed by atoms with Crippen molar-refractivity contribution in [1.82, 2.24) is 5.32 Å². The molecule has 1 aromatic rings. The maximum absolute atomic E-state index is 5.80. The monoisotopic (exact) mass is 224 g/mol. The molecule has 1 unspecified atom stereocenters.